The van der Waals surface area contributed by atoms with Crippen molar-refractivity contribution in [3.8, 4) is 0 Å². The van der Waals surface area contributed by atoms with Crippen molar-refractivity contribution in [3.05, 3.63) is 0 Å². The Morgan fingerprint density at radius 3 is 2.33 bits per heavy atom. The number of hydrogen-bond donors (Lipinski definition) is 2. The van der Waals surface area contributed by atoms with Gasteiger partial charge in [0.15, 0.2) is 12.3 Å². The molecule has 0 saturated carbocycles. The highest BCUT2D eigenvalue weighted by molar-refractivity contribution is 6.12. The standard InChI is InChI=1S/C8H11N3O4/c1-8(2)6(14)11(7(15)10-8)4(3-12)5(9)13/h3-4H,1-2H3,(H2,9,13)(H,10,15). The van der Waals surface area contributed by atoms with E-state index in [0.717, 1.165) is 0 Å². The molecule has 0 bridgehead atoms. The first kappa shape index (κ1) is 11.2. The first-order valence-electron chi connectivity index (χ1n) is 4.21. The predicted octanol–water partition coefficient (Wildman–Crippen LogP) is -1.63. The molecule has 0 aromatic rings. The minimum atomic E-state index is -1.54. The minimum absolute atomic E-state index is 0.168. The Hall–Kier alpha value is -1.92. The number of imide groups is 1. The number of nitrogens with one attached hydrogen (secondary N) is 1. The first-order valence-corrected chi connectivity index (χ1v) is 4.21. The van der Waals surface area contributed by atoms with E-state index in [0.29, 0.717) is 4.90 Å². The number of urea groups is 1. The van der Waals surface area contributed by atoms with Crippen molar-refractivity contribution in [1.82, 2.24) is 10.2 Å². The van der Waals surface area contributed by atoms with Crippen LogP contribution in [0.5, 0.6) is 0 Å². The molecule has 3 N–H and O–H groups in total. The maximum Gasteiger partial charge on any atom is 0.326 e. The maximum atomic E-state index is 11.6. The molecule has 0 spiro atoms. The van der Waals surface area contributed by atoms with E-state index >= 15 is 0 Å². The van der Waals surface area contributed by atoms with Crippen molar-refractivity contribution in [1.29, 1.82) is 0 Å². The Labute approximate surface area is 85.6 Å². The summed E-state index contributed by atoms with van der Waals surface area (Å²) in [6.45, 7) is 2.94. The molecule has 7 heteroatoms. The predicted molar refractivity (Wildman–Crippen MR) is 48.5 cm³/mol. The summed E-state index contributed by atoms with van der Waals surface area (Å²) >= 11 is 0. The molecule has 82 valence electrons. The van der Waals surface area contributed by atoms with Gasteiger partial charge in [-0.3, -0.25) is 9.59 Å². The fourth-order valence-electron chi connectivity index (χ4n) is 1.28. The van der Waals surface area contributed by atoms with Crippen LogP contribution in [0.1, 0.15) is 13.8 Å². The average molecular weight is 213 g/mol. The summed E-state index contributed by atoms with van der Waals surface area (Å²) in [6.07, 6.45) is 0.168. The monoisotopic (exact) mass is 213 g/mol. The molecule has 1 unspecified atom stereocenters. The molecule has 1 heterocycles. The van der Waals surface area contributed by atoms with Crippen LogP contribution in [0.3, 0.4) is 0 Å². The molecule has 1 rings (SSSR count). The van der Waals surface area contributed by atoms with Crippen molar-refractivity contribution in [2.75, 3.05) is 0 Å². The highest BCUT2D eigenvalue weighted by atomic mass is 16.2. The number of nitrogens with two attached hydrogens (primary N) is 1. The van der Waals surface area contributed by atoms with Gasteiger partial charge in [-0.15, -0.1) is 0 Å². The van der Waals surface area contributed by atoms with E-state index < -0.39 is 29.4 Å². The quantitative estimate of drug-likeness (QED) is 0.333. The fourth-order valence-corrected chi connectivity index (χ4v) is 1.28. The van der Waals surface area contributed by atoms with E-state index in [-0.39, 0.29) is 6.29 Å². The van der Waals surface area contributed by atoms with Gasteiger partial charge in [-0.05, 0) is 13.8 Å². The van der Waals surface area contributed by atoms with Crippen LogP contribution in [0.25, 0.3) is 0 Å². The molecule has 1 aliphatic rings. The summed E-state index contributed by atoms with van der Waals surface area (Å²) in [5.74, 6) is -1.69. The molecule has 7 nitrogen and oxygen atoms in total. The Bertz CT molecular complexity index is 350. The van der Waals surface area contributed by atoms with E-state index in [4.69, 9.17) is 5.73 Å². The smallest absolute Gasteiger partial charge is 0.326 e. The molecule has 4 amide bonds. The lowest BCUT2D eigenvalue weighted by Crippen LogP contribution is -2.50. The van der Waals surface area contributed by atoms with E-state index in [1.54, 1.807) is 0 Å². The van der Waals surface area contributed by atoms with Gasteiger partial charge in [0.25, 0.3) is 5.91 Å². The highest BCUT2D eigenvalue weighted by Gasteiger charge is 2.48. The minimum Gasteiger partial charge on any atom is -0.367 e. The highest BCUT2D eigenvalue weighted by Crippen LogP contribution is 2.18. The summed E-state index contributed by atoms with van der Waals surface area (Å²) in [7, 11) is 0. The summed E-state index contributed by atoms with van der Waals surface area (Å²) in [5.41, 5.74) is 3.78. The summed E-state index contributed by atoms with van der Waals surface area (Å²) in [4.78, 5) is 44.9. The first-order chi connectivity index (χ1) is 6.81. The lowest BCUT2D eigenvalue weighted by molar-refractivity contribution is -0.139. The second-order valence-electron chi connectivity index (χ2n) is 3.71. The molecule has 1 fully saturated rings. The molecule has 1 saturated heterocycles. The van der Waals surface area contributed by atoms with Gasteiger partial charge in [-0.1, -0.05) is 0 Å². The number of aldehydes is 1. The summed E-state index contributed by atoms with van der Waals surface area (Å²) in [5, 5.41) is 2.33. The van der Waals surface area contributed by atoms with Crippen LogP contribution in [0.15, 0.2) is 0 Å². The molecule has 0 aliphatic carbocycles. The lowest BCUT2D eigenvalue weighted by Gasteiger charge is -2.18. The van der Waals surface area contributed by atoms with Gasteiger partial charge >= 0.3 is 6.03 Å². The van der Waals surface area contributed by atoms with Crippen LogP contribution in [0.2, 0.25) is 0 Å². The number of nitrogens with zero attached hydrogens (tertiary/aromatic N) is 1. The summed E-state index contributed by atoms with van der Waals surface area (Å²) < 4.78 is 0. The maximum absolute atomic E-state index is 11.6. The third kappa shape index (κ3) is 1.67. The number of carbonyl (C=O) groups excluding carboxylic acids is 4. The molecule has 15 heavy (non-hydrogen) atoms. The zero-order valence-corrected chi connectivity index (χ0v) is 8.31. The van der Waals surface area contributed by atoms with Gasteiger partial charge in [0.2, 0.25) is 5.91 Å². The second kappa shape index (κ2) is 3.34. The van der Waals surface area contributed by atoms with E-state index in [2.05, 4.69) is 5.32 Å². The van der Waals surface area contributed by atoms with Crippen molar-refractivity contribution in [2.45, 2.75) is 25.4 Å². The van der Waals surface area contributed by atoms with Crippen LogP contribution >= 0.6 is 0 Å². The van der Waals surface area contributed by atoms with Crippen LogP contribution in [-0.2, 0) is 14.4 Å². The van der Waals surface area contributed by atoms with Crippen LogP contribution in [0, 0.1) is 0 Å². The lowest BCUT2D eigenvalue weighted by atomic mass is 10.1. The van der Waals surface area contributed by atoms with Crippen molar-refractivity contribution in [3.63, 3.8) is 0 Å². The molecule has 1 atom stereocenters. The number of primary amides is 1. The molecule has 1 aliphatic heterocycles. The number of carbonyl (C=O) groups is 4. The molecular weight excluding hydrogens is 202 g/mol. The number of hydrogen-bond acceptors (Lipinski definition) is 4. The third-order valence-electron chi connectivity index (χ3n) is 2.09. The average Bonchev–Trinajstić information content (AvgIpc) is 2.28. The van der Waals surface area contributed by atoms with Crippen molar-refractivity contribution >= 4 is 24.1 Å². The number of rotatable bonds is 3. The van der Waals surface area contributed by atoms with Crippen LogP contribution in [-0.4, -0.2) is 40.6 Å². The zero-order valence-electron chi connectivity index (χ0n) is 8.31. The van der Waals surface area contributed by atoms with E-state index in [1.807, 2.05) is 0 Å². The van der Waals surface area contributed by atoms with Gasteiger partial charge < -0.3 is 15.8 Å². The topological polar surface area (TPSA) is 110 Å². The van der Waals surface area contributed by atoms with Gasteiger partial charge in [0.1, 0.15) is 5.54 Å². The van der Waals surface area contributed by atoms with Gasteiger partial charge in [-0.2, -0.15) is 0 Å². The van der Waals surface area contributed by atoms with Gasteiger partial charge in [-0.25, -0.2) is 9.69 Å². The van der Waals surface area contributed by atoms with E-state index in [9.17, 15) is 19.2 Å². The molecule has 0 radical (unpaired) electrons. The fraction of sp³-hybridized carbons (Fsp3) is 0.500. The Morgan fingerprint density at radius 2 is 2.07 bits per heavy atom. The van der Waals surface area contributed by atoms with Gasteiger partial charge in [0, 0.05) is 0 Å². The van der Waals surface area contributed by atoms with Crippen molar-refractivity contribution < 1.29 is 19.2 Å². The molecular formula is C8H11N3O4. The third-order valence-corrected chi connectivity index (χ3v) is 2.09. The van der Waals surface area contributed by atoms with Crippen LogP contribution in [0.4, 0.5) is 4.79 Å². The SMILES string of the molecule is CC1(C)NC(=O)N(C(C=O)C(N)=O)C1=O. The van der Waals surface area contributed by atoms with Crippen molar-refractivity contribution in [2.24, 2.45) is 5.73 Å². The Balaban J connectivity index is 3.06. The molecule has 0 aromatic carbocycles. The van der Waals surface area contributed by atoms with E-state index in [1.165, 1.54) is 13.8 Å². The van der Waals surface area contributed by atoms with Gasteiger partial charge in [0.05, 0.1) is 0 Å². The van der Waals surface area contributed by atoms with Crippen LogP contribution < -0.4 is 11.1 Å². The summed E-state index contributed by atoms with van der Waals surface area (Å²) in [6, 6.07) is -2.33. The number of amides is 4. The molecule has 0 aromatic heterocycles. The largest absolute Gasteiger partial charge is 0.367 e. The Morgan fingerprint density at radius 1 is 1.53 bits per heavy atom. The zero-order chi connectivity index (χ0) is 11.8. The second-order valence-corrected chi connectivity index (χ2v) is 3.71. The normalized spacial score (nSPS) is 21.1. The Kier molecular flexibility index (Phi) is 2.48.